The number of hydrogen-bond donors (Lipinski definition) is 3. The largest absolute Gasteiger partial charge is 0.387 e. The lowest BCUT2D eigenvalue weighted by Crippen LogP contribution is -2.60. The summed E-state index contributed by atoms with van der Waals surface area (Å²) in [5, 5.41) is 14.1. The first kappa shape index (κ1) is 12.7. The summed E-state index contributed by atoms with van der Waals surface area (Å²) >= 11 is 0. The van der Waals surface area contributed by atoms with Gasteiger partial charge in [0, 0.05) is 37.6 Å². The Labute approximate surface area is 115 Å². The minimum atomic E-state index is 0.666. The smallest absolute Gasteiger partial charge is 0.0459 e. The molecule has 0 unspecified atom stereocenters. The van der Waals surface area contributed by atoms with Crippen LogP contribution in [0.4, 0.5) is 5.69 Å². The van der Waals surface area contributed by atoms with Crippen molar-refractivity contribution in [3.63, 3.8) is 0 Å². The third-order valence-corrected chi connectivity index (χ3v) is 4.97. The second-order valence-electron chi connectivity index (χ2n) is 6.29. The maximum Gasteiger partial charge on any atom is 0.0459 e. The van der Waals surface area contributed by atoms with E-state index in [1.54, 1.807) is 0 Å². The zero-order valence-electron chi connectivity index (χ0n) is 11.8. The van der Waals surface area contributed by atoms with Crippen LogP contribution in [0.5, 0.6) is 0 Å². The summed E-state index contributed by atoms with van der Waals surface area (Å²) in [6.45, 7) is 4.64. The summed E-state index contributed by atoms with van der Waals surface area (Å²) in [5.41, 5.74) is 5.53. The molecule has 102 valence electrons. The molecule has 3 nitrogen and oxygen atoms in total. The Morgan fingerprint density at radius 3 is 2.68 bits per heavy atom. The highest BCUT2D eigenvalue weighted by atomic mass is 15.0. The van der Waals surface area contributed by atoms with Gasteiger partial charge >= 0.3 is 0 Å². The van der Waals surface area contributed by atoms with Gasteiger partial charge < -0.3 is 16.0 Å². The molecule has 2 aliphatic rings. The molecule has 0 bridgehead atoms. The van der Waals surface area contributed by atoms with E-state index in [0.717, 1.165) is 17.2 Å². The van der Waals surface area contributed by atoms with Crippen molar-refractivity contribution in [3.8, 4) is 0 Å². The predicted molar refractivity (Wildman–Crippen MR) is 80.3 cm³/mol. The van der Waals surface area contributed by atoms with Gasteiger partial charge in [0.2, 0.25) is 0 Å². The molecule has 0 atom stereocenters. The van der Waals surface area contributed by atoms with Crippen LogP contribution in [0.3, 0.4) is 0 Å². The topological polar surface area (TPSA) is 47.9 Å². The highest BCUT2D eigenvalue weighted by Gasteiger charge is 2.47. The second kappa shape index (κ2) is 4.64. The van der Waals surface area contributed by atoms with Crippen LogP contribution in [0.25, 0.3) is 0 Å². The van der Waals surface area contributed by atoms with Gasteiger partial charge in [0.05, 0.1) is 0 Å². The molecule has 2 fully saturated rings. The third-order valence-electron chi connectivity index (χ3n) is 4.97. The Hall–Kier alpha value is -1.35. The zero-order chi connectivity index (χ0) is 13.5. The first-order valence-corrected chi connectivity index (χ1v) is 7.19. The van der Waals surface area contributed by atoms with Crippen LogP contribution >= 0.6 is 0 Å². The van der Waals surface area contributed by atoms with E-state index in [0.29, 0.717) is 5.41 Å². The van der Waals surface area contributed by atoms with Crippen molar-refractivity contribution in [3.05, 3.63) is 28.8 Å². The molecule has 0 aromatic heterocycles. The van der Waals surface area contributed by atoms with E-state index in [1.807, 2.05) is 7.05 Å². The predicted octanol–water partition coefficient (Wildman–Crippen LogP) is 2.58. The van der Waals surface area contributed by atoms with E-state index in [4.69, 9.17) is 5.41 Å². The van der Waals surface area contributed by atoms with E-state index in [1.165, 1.54) is 49.7 Å². The zero-order valence-corrected chi connectivity index (χ0v) is 11.8. The van der Waals surface area contributed by atoms with Gasteiger partial charge in [-0.3, -0.25) is 0 Å². The minimum absolute atomic E-state index is 0.666. The van der Waals surface area contributed by atoms with Crippen LogP contribution in [0.1, 0.15) is 29.5 Å². The standard InChI is InChI=1S/C16H23N3/c1-11-13(3-4-14(8-17)15(11)18-2)5-12-6-16(7-12)9-19-10-16/h3-4,8,12,17-19H,5-7,9-10H2,1-2H3. The van der Waals surface area contributed by atoms with Crippen molar-refractivity contribution < 1.29 is 0 Å². The number of rotatable bonds is 4. The van der Waals surface area contributed by atoms with Crippen LogP contribution in [-0.2, 0) is 6.42 Å². The summed E-state index contributed by atoms with van der Waals surface area (Å²) in [6.07, 6.45) is 5.41. The van der Waals surface area contributed by atoms with Gasteiger partial charge in [0.1, 0.15) is 0 Å². The molecule has 1 heterocycles. The number of nitrogens with one attached hydrogen (secondary N) is 3. The SMILES string of the molecule is CNc1c(C=N)ccc(CC2CC3(CNC3)C2)c1C. The molecule has 1 spiro atoms. The second-order valence-corrected chi connectivity index (χ2v) is 6.29. The molecular weight excluding hydrogens is 234 g/mol. The Morgan fingerprint density at radius 1 is 1.42 bits per heavy atom. The Balaban J connectivity index is 1.73. The number of hydrogen-bond acceptors (Lipinski definition) is 3. The molecule has 1 aromatic rings. The van der Waals surface area contributed by atoms with E-state index >= 15 is 0 Å². The fourth-order valence-corrected chi connectivity index (χ4v) is 3.84. The van der Waals surface area contributed by atoms with E-state index < -0.39 is 0 Å². The van der Waals surface area contributed by atoms with E-state index in [2.05, 4.69) is 29.7 Å². The van der Waals surface area contributed by atoms with Gasteiger partial charge in [0.25, 0.3) is 0 Å². The first-order valence-electron chi connectivity index (χ1n) is 7.19. The van der Waals surface area contributed by atoms with Crippen molar-refractivity contribution in [2.45, 2.75) is 26.2 Å². The van der Waals surface area contributed by atoms with Crippen LogP contribution in [-0.4, -0.2) is 26.4 Å². The monoisotopic (exact) mass is 257 g/mol. The van der Waals surface area contributed by atoms with Crippen LogP contribution in [0.15, 0.2) is 12.1 Å². The molecule has 1 aliphatic carbocycles. The molecule has 1 aromatic carbocycles. The molecule has 3 rings (SSSR count). The van der Waals surface area contributed by atoms with Crippen molar-refractivity contribution >= 4 is 11.9 Å². The van der Waals surface area contributed by atoms with Crippen molar-refractivity contribution in [2.24, 2.45) is 11.3 Å². The Kier molecular flexibility index (Phi) is 3.09. The Bertz CT molecular complexity index is 495. The molecule has 1 aliphatic heterocycles. The molecule has 3 heteroatoms. The van der Waals surface area contributed by atoms with Crippen molar-refractivity contribution in [1.82, 2.24) is 5.32 Å². The third kappa shape index (κ3) is 2.06. The average Bonchev–Trinajstić information content (AvgIpc) is 2.32. The van der Waals surface area contributed by atoms with E-state index in [-0.39, 0.29) is 0 Å². The quantitative estimate of drug-likeness (QED) is 0.726. The summed E-state index contributed by atoms with van der Waals surface area (Å²) in [7, 11) is 1.94. The molecule has 1 saturated carbocycles. The molecule has 0 radical (unpaired) electrons. The van der Waals surface area contributed by atoms with Gasteiger partial charge in [0.15, 0.2) is 0 Å². The molecule has 0 amide bonds. The highest BCUT2D eigenvalue weighted by Crippen LogP contribution is 2.49. The fourth-order valence-electron chi connectivity index (χ4n) is 3.84. The average molecular weight is 257 g/mol. The summed E-state index contributed by atoms with van der Waals surface area (Å²) < 4.78 is 0. The van der Waals surface area contributed by atoms with Crippen LogP contribution in [0, 0.1) is 23.7 Å². The summed E-state index contributed by atoms with van der Waals surface area (Å²) in [6, 6.07) is 4.28. The Morgan fingerprint density at radius 2 is 2.16 bits per heavy atom. The van der Waals surface area contributed by atoms with Crippen LogP contribution in [0.2, 0.25) is 0 Å². The lowest BCUT2D eigenvalue weighted by molar-refractivity contribution is 0.000839. The number of benzene rings is 1. The summed E-state index contributed by atoms with van der Waals surface area (Å²) in [4.78, 5) is 0. The molecular formula is C16H23N3. The molecule has 1 saturated heterocycles. The first-order chi connectivity index (χ1) is 9.17. The van der Waals surface area contributed by atoms with Crippen molar-refractivity contribution in [1.29, 1.82) is 5.41 Å². The lowest BCUT2D eigenvalue weighted by atomic mass is 9.57. The number of anilines is 1. The lowest BCUT2D eigenvalue weighted by Gasteiger charge is -2.54. The van der Waals surface area contributed by atoms with Crippen molar-refractivity contribution in [2.75, 3.05) is 25.5 Å². The fraction of sp³-hybridized carbons (Fsp3) is 0.562. The summed E-state index contributed by atoms with van der Waals surface area (Å²) in [5.74, 6) is 0.858. The highest BCUT2D eigenvalue weighted by molar-refractivity contribution is 5.87. The van der Waals surface area contributed by atoms with Gasteiger partial charge in [-0.1, -0.05) is 12.1 Å². The molecule has 19 heavy (non-hydrogen) atoms. The van der Waals surface area contributed by atoms with Gasteiger partial charge in [-0.05, 0) is 48.6 Å². The van der Waals surface area contributed by atoms with Crippen LogP contribution < -0.4 is 10.6 Å². The normalized spacial score (nSPS) is 20.7. The maximum absolute atomic E-state index is 7.46. The van der Waals surface area contributed by atoms with Gasteiger partial charge in [-0.2, -0.15) is 0 Å². The minimum Gasteiger partial charge on any atom is -0.387 e. The van der Waals surface area contributed by atoms with E-state index in [9.17, 15) is 0 Å². The molecule has 3 N–H and O–H groups in total. The van der Waals surface area contributed by atoms with Gasteiger partial charge in [-0.25, -0.2) is 0 Å². The van der Waals surface area contributed by atoms with Gasteiger partial charge in [-0.15, -0.1) is 0 Å². The maximum atomic E-state index is 7.46.